The molecule has 1 aromatic heterocycles. The van der Waals surface area contributed by atoms with E-state index in [-0.39, 0.29) is 22.8 Å². The Morgan fingerprint density at radius 2 is 2.29 bits per heavy atom. The van der Waals surface area contributed by atoms with Crippen LogP contribution in [-0.2, 0) is 6.42 Å². The standard InChI is InChI=1S/C10H10N4O3/c1-2-9-11-10(13-12-9)7-5-6(14(16)17)3-4-8(7)15/h3-5,15H,2H2,1H3,(H,11,12,13). The predicted molar refractivity (Wildman–Crippen MR) is 59.5 cm³/mol. The minimum absolute atomic E-state index is 0.0859. The number of nitro benzene ring substituents is 1. The molecule has 2 N–H and O–H groups in total. The summed E-state index contributed by atoms with van der Waals surface area (Å²) in [5.74, 6) is 0.825. The van der Waals surface area contributed by atoms with E-state index in [1.165, 1.54) is 18.2 Å². The van der Waals surface area contributed by atoms with Crippen molar-refractivity contribution < 1.29 is 10.0 Å². The summed E-state index contributed by atoms with van der Waals surface area (Å²) < 4.78 is 0. The van der Waals surface area contributed by atoms with E-state index in [1.54, 1.807) is 0 Å². The van der Waals surface area contributed by atoms with Crippen molar-refractivity contribution >= 4 is 5.69 Å². The number of nitro groups is 1. The smallest absolute Gasteiger partial charge is 0.270 e. The molecule has 7 nitrogen and oxygen atoms in total. The van der Waals surface area contributed by atoms with Crippen molar-refractivity contribution in [3.8, 4) is 17.1 Å². The van der Waals surface area contributed by atoms with Gasteiger partial charge in [0.2, 0.25) is 0 Å². The lowest BCUT2D eigenvalue weighted by Crippen LogP contribution is -1.90. The molecule has 0 aliphatic rings. The Balaban J connectivity index is 2.49. The highest BCUT2D eigenvalue weighted by atomic mass is 16.6. The molecule has 1 aromatic carbocycles. The molecule has 2 rings (SSSR count). The number of H-pyrrole nitrogens is 1. The van der Waals surface area contributed by atoms with Gasteiger partial charge in [-0.25, -0.2) is 4.98 Å². The van der Waals surface area contributed by atoms with Gasteiger partial charge < -0.3 is 5.11 Å². The number of aromatic amines is 1. The SMILES string of the molecule is CCc1nc(-c2cc([N+](=O)[O-])ccc2O)n[nH]1. The molecule has 17 heavy (non-hydrogen) atoms. The van der Waals surface area contributed by atoms with Crippen LogP contribution in [0.25, 0.3) is 11.4 Å². The quantitative estimate of drug-likeness (QED) is 0.620. The van der Waals surface area contributed by atoms with E-state index in [0.29, 0.717) is 12.2 Å². The molecule has 1 heterocycles. The number of hydrogen-bond donors (Lipinski definition) is 2. The molecule has 0 bridgehead atoms. The summed E-state index contributed by atoms with van der Waals surface area (Å²) in [4.78, 5) is 14.2. The normalized spacial score (nSPS) is 10.4. The second-order valence-electron chi connectivity index (χ2n) is 3.42. The largest absolute Gasteiger partial charge is 0.507 e. The molecule has 7 heteroatoms. The molecule has 0 atom stereocenters. The molecule has 88 valence electrons. The number of rotatable bonds is 3. The maximum absolute atomic E-state index is 10.6. The molecule has 0 radical (unpaired) electrons. The van der Waals surface area contributed by atoms with Gasteiger partial charge in [0.15, 0.2) is 5.82 Å². The molecule has 0 saturated carbocycles. The molecule has 0 fully saturated rings. The maximum atomic E-state index is 10.6. The molecule has 0 aliphatic heterocycles. The van der Waals surface area contributed by atoms with Gasteiger partial charge in [-0.15, -0.1) is 0 Å². The molecule has 2 aromatic rings. The molecule has 0 spiro atoms. The summed E-state index contributed by atoms with van der Waals surface area (Å²) >= 11 is 0. The van der Waals surface area contributed by atoms with Crippen LogP contribution in [0.4, 0.5) is 5.69 Å². The molecule has 0 saturated heterocycles. The number of nitrogens with zero attached hydrogens (tertiary/aromatic N) is 3. The van der Waals surface area contributed by atoms with E-state index < -0.39 is 4.92 Å². The summed E-state index contributed by atoms with van der Waals surface area (Å²) in [5, 5.41) is 26.9. The van der Waals surface area contributed by atoms with Crippen molar-refractivity contribution in [2.24, 2.45) is 0 Å². The molecule has 0 unspecified atom stereocenters. The van der Waals surface area contributed by atoms with Gasteiger partial charge in [-0.1, -0.05) is 6.92 Å². The van der Waals surface area contributed by atoms with Crippen LogP contribution in [0.2, 0.25) is 0 Å². The Labute approximate surface area is 96.3 Å². The fourth-order valence-electron chi connectivity index (χ4n) is 1.39. The monoisotopic (exact) mass is 234 g/mol. The van der Waals surface area contributed by atoms with Crippen LogP contribution in [0.3, 0.4) is 0 Å². The predicted octanol–water partition coefficient (Wildman–Crippen LogP) is 1.65. The van der Waals surface area contributed by atoms with Gasteiger partial charge in [0, 0.05) is 18.6 Å². The van der Waals surface area contributed by atoms with Crippen molar-refractivity contribution in [3.63, 3.8) is 0 Å². The van der Waals surface area contributed by atoms with Crippen molar-refractivity contribution in [2.75, 3.05) is 0 Å². The Kier molecular flexibility index (Phi) is 2.73. The number of nitrogens with one attached hydrogen (secondary N) is 1. The van der Waals surface area contributed by atoms with E-state index in [1.807, 2.05) is 6.92 Å². The lowest BCUT2D eigenvalue weighted by Gasteiger charge is -1.99. The number of aromatic nitrogens is 3. The van der Waals surface area contributed by atoms with Gasteiger partial charge in [-0.2, -0.15) is 5.10 Å². The molecular weight excluding hydrogens is 224 g/mol. The van der Waals surface area contributed by atoms with E-state index in [4.69, 9.17) is 0 Å². The number of non-ortho nitro benzene ring substituents is 1. The Hall–Kier alpha value is -2.44. The summed E-state index contributed by atoms with van der Waals surface area (Å²) in [6.45, 7) is 1.90. The van der Waals surface area contributed by atoms with Crippen LogP contribution in [0.1, 0.15) is 12.7 Å². The summed E-state index contributed by atoms with van der Waals surface area (Å²) in [5.41, 5.74) is 0.135. The van der Waals surface area contributed by atoms with Gasteiger partial charge in [0.25, 0.3) is 5.69 Å². The Morgan fingerprint density at radius 1 is 1.53 bits per heavy atom. The third-order valence-corrected chi connectivity index (χ3v) is 2.30. The van der Waals surface area contributed by atoms with E-state index in [2.05, 4.69) is 15.2 Å². The average molecular weight is 234 g/mol. The van der Waals surface area contributed by atoms with Crippen LogP contribution < -0.4 is 0 Å². The highest BCUT2D eigenvalue weighted by Gasteiger charge is 2.15. The van der Waals surface area contributed by atoms with Crippen LogP contribution in [0.5, 0.6) is 5.75 Å². The Bertz CT molecular complexity index is 564. The van der Waals surface area contributed by atoms with Crippen molar-refractivity contribution in [1.29, 1.82) is 0 Å². The zero-order chi connectivity index (χ0) is 12.4. The first-order chi connectivity index (χ1) is 8.11. The third-order valence-electron chi connectivity index (χ3n) is 2.30. The molecule has 0 amide bonds. The minimum Gasteiger partial charge on any atom is -0.507 e. The van der Waals surface area contributed by atoms with Crippen LogP contribution in [-0.4, -0.2) is 25.2 Å². The lowest BCUT2D eigenvalue weighted by molar-refractivity contribution is -0.384. The summed E-state index contributed by atoms with van der Waals surface area (Å²) in [6, 6.07) is 3.74. The van der Waals surface area contributed by atoms with Crippen molar-refractivity contribution in [3.05, 3.63) is 34.1 Å². The number of phenols is 1. The molecular formula is C10H10N4O3. The number of aryl methyl sites for hydroxylation is 1. The van der Waals surface area contributed by atoms with Crippen LogP contribution in [0.15, 0.2) is 18.2 Å². The topological polar surface area (TPSA) is 105 Å². The van der Waals surface area contributed by atoms with Gasteiger partial charge in [0.05, 0.1) is 10.5 Å². The first-order valence-corrected chi connectivity index (χ1v) is 5.01. The summed E-state index contributed by atoms with van der Waals surface area (Å²) in [6.07, 6.45) is 0.669. The molecule has 0 aliphatic carbocycles. The van der Waals surface area contributed by atoms with Crippen molar-refractivity contribution in [2.45, 2.75) is 13.3 Å². The zero-order valence-electron chi connectivity index (χ0n) is 9.04. The van der Waals surface area contributed by atoms with Crippen LogP contribution in [0, 0.1) is 10.1 Å². The highest BCUT2D eigenvalue weighted by Crippen LogP contribution is 2.30. The second kappa shape index (κ2) is 4.20. The fraction of sp³-hybridized carbons (Fsp3) is 0.200. The lowest BCUT2D eigenvalue weighted by atomic mass is 10.1. The average Bonchev–Trinajstić information content (AvgIpc) is 2.77. The Morgan fingerprint density at radius 3 is 2.88 bits per heavy atom. The van der Waals surface area contributed by atoms with Gasteiger partial charge in [-0.05, 0) is 6.07 Å². The fourth-order valence-corrected chi connectivity index (χ4v) is 1.39. The first-order valence-electron chi connectivity index (χ1n) is 5.01. The summed E-state index contributed by atoms with van der Waals surface area (Å²) in [7, 11) is 0. The number of phenolic OH excluding ortho intramolecular Hbond substituents is 1. The van der Waals surface area contributed by atoms with E-state index >= 15 is 0 Å². The zero-order valence-corrected chi connectivity index (χ0v) is 9.04. The van der Waals surface area contributed by atoms with Crippen LogP contribution >= 0.6 is 0 Å². The minimum atomic E-state index is -0.531. The number of hydrogen-bond acceptors (Lipinski definition) is 5. The number of benzene rings is 1. The van der Waals surface area contributed by atoms with Gasteiger partial charge in [0.1, 0.15) is 11.6 Å². The van der Waals surface area contributed by atoms with Crippen molar-refractivity contribution in [1.82, 2.24) is 15.2 Å². The maximum Gasteiger partial charge on any atom is 0.270 e. The third kappa shape index (κ3) is 2.07. The number of aromatic hydroxyl groups is 1. The van der Waals surface area contributed by atoms with E-state index in [0.717, 1.165) is 0 Å². The first kappa shape index (κ1) is 11.1. The van der Waals surface area contributed by atoms with Gasteiger partial charge in [-0.3, -0.25) is 15.2 Å². The highest BCUT2D eigenvalue weighted by molar-refractivity contribution is 5.66. The second-order valence-corrected chi connectivity index (χ2v) is 3.42. The van der Waals surface area contributed by atoms with E-state index in [9.17, 15) is 15.2 Å². The van der Waals surface area contributed by atoms with Gasteiger partial charge >= 0.3 is 0 Å².